The fraction of sp³-hybridized carbons (Fsp3) is 0.625. The van der Waals surface area contributed by atoms with Gasteiger partial charge in [0.1, 0.15) is 5.75 Å². The second kappa shape index (κ2) is 6.24. The normalized spacial score (nSPS) is 16.8. The molecule has 0 aliphatic heterocycles. The van der Waals surface area contributed by atoms with Gasteiger partial charge in [0.2, 0.25) is 0 Å². The zero-order chi connectivity index (χ0) is 12.8. The smallest absolute Gasteiger partial charge is 0.119 e. The fourth-order valence-electron chi connectivity index (χ4n) is 2.22. The molecule has 18 heavy (non-hydrogen) atoms. The maximum absolute atomic E-state index is 5.78. The van der Waals surface area contributed by atoms with Crippen LogP contribution < -0.4 is 10.1 Å². The standard InChI is InChI=1S/C16H25NO/c1-14(2)12-17-13-16(8-9-16)10-11-18-15-6-4-3-5-7-15/h3-7,14,17H,8-13H2,1-2H3. The first-order valence-electron chi connectivity index (χ1n) is 7.09. The molecule has 1 saturated carbocycles. The van der Waals surface area contributed by atoms with E-state index >= 15 is 0 Å². The summed E-state index contributed by atoms with van der Waals surface area (Å²) in [6.45, 7) is 7.63. The Kier molecular flexibility index (Phi) is 4.65. The molecular formula is C16H25NO. The van der Waals surface area contributed by atoms with Crippen LogP contribution in [0.25, 0.3) is 0 Å². The SMILES string of the molecule is CC(C)CNCC1(CCOc2ccccc2)CC1. The van der Waals surface area contributed by atoms with Gasteiger partial charge in [-0.3, -0.25) is 0 Å². The van der Waals surface area contributed by atoms with Crippen molar-refractivity contribution in [3.05, 3.63) is 30.3 Å². The summed E-state index contributed by atoms with van der Waals surface area (Å²) in [5.41, 5.74) is 0.531. The Balaban J connectivity index is 1.64. The molecule has 0 unspecified atom stereocenters. The third-order valence-electron chi connectivity index (χ3n) is 3.65. The molecule has 0 bridgehead atoms. The number of benzene rings is 1. The quantitative estimate of drug-likeness (QED) is 0.759. The molecule has 1 N–H and O–H groups in total. The Morgan fingerprint density at radius 3 is 2.56 bits per heavy atom. The zero-order valence-corrected chi connectivity index (χ0v) is 11.6. The van der Waals surface area contributed by atoms with Crippen LogP contribution in [-0.2, 0) is 0 Å². The molecule has 0 atom stereocenters. The summed E-state index contributed by atoms with van der Waals surface area (Å²) >= 11 is 0. The van der Waals surface area contributed by atoms with Crippen LogP contribution in [0.4, 0.5) is 0 Å². The molecule has 1 aliphatic rings. The van der Waals surface area contributed by atoms with Gasteiger partial charge in [-0.1, -0.05) is 32.0 Å². The molecule has 2 nitrogen and oxygen atoms in total. The van der Waals surface area contributed by atoms with Gasteiger partial charge in [-0.05, 0) is 49.3 Å². The van der Waals surface area contributed by atoms with Crippen LogP contribution >= 0.6 is 0 Å². The number of hydrogen-bond acceptors (Lipinski definition) is 2. The van der Waals surface area contributed by atoms with Crippen molar-refractivity contribution in [3.63, 3.8) is 0 Å². The lowest BCUT2D eigenvalue weighted by molar-refractivity contribution is 0.263. The van der Waals surface area contributed by atoms with E-state index in [9.17, 15) is 0 Å². The van der Waals surface area contributed by atoms with Crippen LogP contribution in [0.3, 0.4) is 0 Å². The zero-order valence-electron chi connectivity index (χ0n) is 11.6. The molecule has 1 aromatic rings. The monoisotopic (exact) mass is 247 g/mol. The number of nitrogens with one attached hydrogen (secondary N) is 1. The molecular weight excluding hydrogens is 222 g/mol. The molecule has 1 fully saturated rings. The maximum atomic E-state index is 5.78. The van der Waals surface area contributed by atoms with Crippen molar-refractivity contribution in [3.8, 4) is 5.75 Å². The highest BCUT2D eigenvalue weighted by molar-refractivity contribution is 5.20. The Bertz CT molecular complexity index is 343. The van der Waals surface area contributed by atoms with E-state index < -0.39 is 0 Å². The summed E-state index contributed by atoms with van der Waals surface area (Å²) in [6.07, 6.45) is 3.89. The lowest BCUT2D eigenvalue weighted by atomic mass is 10.0. The van der Waals surface area contributed by atoms with E-state index in [0.717, 1.165) is 31.4 Å². The summed E-state index contributed by atoms with van der Waals surface area (Å²) in [4.78, 5) is 0. The van der Waals surface area contributed by atoms with Crippen molar-refractivity contribution < 1.29 is 4.74 Å². The molecule has 0 heterocycles. The Morgan fingerprint density at radius 2 is 1.94 bits per heavy atom. The van der Waals surface area contributed by atoms with Crippen LogP contribution in [0.2, 0.25) is 0 Å². The second-order valence-corrected chi connectivity index (χ2v) is 5.94. The molecule has 100 valence electrons. The van der Waals surface area contributed by atoms with Crippen LogP contribution in [0.5, 0.6) is 5.75 Å². The van der Waals surface area contributed by atoms with E-state index in [4.69, 9.17) is 4.74 Å². The highest BCUT2D eigenvalue weighted by atomic mass is 16.5. The average molecular weight is 247 g/mol. The van der Waals surface area contributed by atoms with Gasteiger partial charge >= 0.3 is 0 Å². The van der Waals surface area contributed by atoms with Crippen LogP contribution in [0.15, 0.2) is 30.3 Å². The number of hydrogen-bond donors (Lipinski definition) is 1. The van der Waals surface area contributed by atoms with E-state index in [1.165, 1.54) is 19.3 Å². The molecule has 0 spiro atoms. The van der Waals surface area contributed by atoms with Gasteiger partial charge in [-0.25, -0.2) is 0 Å². The Hall–Kier alpha value is -1.02. The largest absolute Gasteiger partial charge is 0.494 e. The predicted molar refractivity (Wildman–Crippen MR) is 75.9 cm³/mol. The third kappa shape index (κ3) is 4.34. The Labute approximate surface area is 111 Å². The molecule has 1 aromatic carbocycles. The summed E-state index contributed by atoms with van der Waals surface area (Å²) < 4.78 is 5.78. The van der Waals surface area contributed by atoms with E-state index in [-0.39, 0.29) is 0 Å². The van der Waals surface area contributed by atoms with Crippen molar-refractivity contribution in [2.45, 2.75) is 33.1 Å². The van der Waals surface area contributed by atoms with Gasteiger partial charge in [0.25, 0.3) is 0 Å². The van der Waals surface area contributed by atoms with Gasteiger partial charge < -0.3 is 10.1 Å². The number of ether oxygens (including phenoxy) is 1. The molecule has 1 aliphatic carbocycles. The maximum Gasteiger partial charge on any atom is 0.119 e. The van der Waals surface area contributed by atoms with Crippen LogP contribution in [-0.4, -0.2) is 19.7 Å². The average Bonchev–Trinajstić information content (AvgIpc) is 3.10. The van der Waals surface area contributed by atoms with E-state index in [2.05, 4.69) is 19.2 Å². The molecule has 0 amide bonds. The van der Waals surface area contributed by atoms with Crippen LogP contribution in [0.1, 0.15) is 33.1 Å². The number of rotatable bonds is 8. The molecule has 2 heteroatoms. The van der Waals surface area contributed by atoms with Gasteiger partial charge in [-0.15, -0.1) is 0 Å². The lowest BCUT2D eigenvalue weighted by Gasteiger charge is -2.17. The fourth-order valence-corrected chi connectivity index (χ4v) is 2.22. The molecule has 0 aromatic heterocycles. The molecule has 0 saturated heterocycles. The molecule has 0 radical (unpaired) electrons. The van der Waals surface area contributed by atoms with Gasteiger partial charge in [0, 0.05) is 6.54 Å². The predicted octanol–water partition coefficient (Wildman–Crippen LogP) is 3.48. The van der Waals surface area contributed by atoms with Crippen molar-refractivity contribution >= 4 is 0 Å². The van der Waals surface area contributed by atoms with Crippen molar-refractivity contribution in [2.24, 2.45) is 11.3 Å². The van der Waals surface area contributed by atoms with Crippen LogP contribution in [0, 0.1) is 11.3 Å². The van der Waals surface area contributed by atoms with Crippen molar-refractivity contribution in [1.82, 2.24) is 5.32 Å². The van der Waals surface area contributed by atoms with E-state index in [1.807, 2.05) is 30.3 Å². The highest BCUT2D eigenvalue weighted by Gasteiger charge is 2.41. The summed E-state index contributed by atoms with van der Waals surface area (Å²) in [6, 6.07) is 10.1. The second-order valence-electron chi connectivity index (χ2n) is 5.94. The minimum atomic E-state index is 0.531. The van der Waals surface area contributed by atoms with Gasteiger partial charge in [-0.2, -0.15) is 0 Å². The first-order valence-corrected chi connectivity index (χ1v) is 7.09. The summed E-state index contributed by atoms with van der Waals surface area (Å²) in [7, 11) is 0. The van der Waals surface area contributed by atoms with Gasteiger partial charge in [0.05, 0.1) is 6.61 Å². The van der Waals surface area contributed by atoms with Crippen molar-refractivity contribution in [2.75, 3.05) is 19.7 Å². The Morgan fingerprint density at radius 1 is 1.22 bits per heavy atom. The van der Waals surface area contributed by atoms with Gasteiger partial charge in [0.15, 0.2) is 0 Å². The van der Waals surface area contributed by atoms with E-state index in [1.54, 1.807) is 0 Å². The minimum Gasteiger partial charge on any atom is -0.494 e. The van der Waals surface area contributed by atoms with Crippen molar-refractivity contribution in [1.29, 1.82) is 0 Å². The highest BCUT2D eigenvalue weighted by Crippen LogP contribution is 2.48. The topological polar surface area (TPSA) is 21.3 Å². The third-order valence-corrected chi connectivity index (χ3v) is 3.65. The lowest BCUT2D eigenvalue weighted by Crippen LogP contribution is -2.28. The summed E-state index contributed by atoms with van der Waals surface area (Å²) in [5.74, 6) is 1.73. The summed E-state index contributed by atoms with van der Waals surface area (Å²) in [5, 5.41) is 3.58. The first kappa shape index (κ1) is 13.4. The number of para-hydroxylation sites is 1. The van der Waals surface area contributed by atoms with E-state index in [0.29, 0.717) is 5.41 Å². The molecule has 2 rings (SSSR count). The first-order chi connectivity index (χ1) is 8.70. The minimum absolute atomic E-state index is 0.531.